The van der Waals surface area contributed by atoms with Crippen LogP contribution in [0.2, 0.25) is 0 Å². The number of likely N-dealkylation sites (tertiary alicyclic amines) is 1. The van der Waals surface area contributed by atoms with Gasteiger partial charge in [-0.2, -0.15) is 5.10 Å². The van der Waals surface area contributed by atoms with E-state index in [4.69, 9.17) is 4.74 Å². The van der Waals surface area contributed by atoms with Crippen molar-refractivity contribution < 1.29 is 9.53 Å². The summed E-state index contributed by atoms with van der Waals surface area (Å²) < 4.78 is 7.03. The summed E-state index contributed by atoms with van der Waals surface area (Å²) in [5.74, 6) is 1.04. The number of nitrogens with zero attached hydrogens (tertiary/aromatic N) is 4. The maximum atomic E-state index is 12.4. The fourth-order valence-corrected chi connectivity index (χ4v) is 2.79. The van der Waals surface area contributed by atoms with Gasteiger partial charge in [-0.05, 0) is 39.0 Å². The van der Waals surface area contributed by atoms with E-state index >= 15 is 0 Å². The molecule has 1 N–H and O–H groups in total. The highest BCUT2D eigenvalue weighted by Crippen LogP contribution is 2.25. The van der Waals surface area contributed by atoms with Crippen molar-refractivity contribution >= 4 is 11.7 Å². The van der Waals surface area contributed by atoms with E-state index in [9.17, 15) is 4.79 Å². The second-order valence-corrected chi connectivity index (χ2v) is 5.73. The van der Waals surface area contributed by atoms with E-state index < -0.39 is 0 Å². The zero-order valence-electron chi connectivity index (χ0n) is 13.4. The summed E-state index contributed by atoms with van der Waals surface area (Å²) in [6.07, 6.45) is 5.33. The Hall–Kier alpha value is -2.41. The topological polar surface area (TPSA) is 72.3 Å². The number of pyridine rings is 1. The molecule has 122 valence electrons. The zero-order valence-corrected chi connectivity index (χ0v) is 13.4. The van der Waals surface area contributed by atoms with Crippen LogP contribution >= 0.6 is 0 Å². The molecule has 3 heterocycles. The van der Waals surface area contributed by atoms with Crippen LogP contribution in [0, 0.1) is 0 Å². The second-order valence-electron chi connectivity index (χ2n) is 5.73. The van der Waals surface area contributed by atoms with Crippen LogP contribution < -0.4 is 10.1 Å². The van der Waals surface area contributed by atoms with E-state index in [0.29, 0.717) is 23.3 Å². The Kier molecular flexibility index (Phi) is 4.57. The van der Waals surface area contributed by atoms with Gasteiger partial charge in [-0.15, -0.1) is 0 Å². The molecule has 7 nitrogen and oxygen atoms in total. The van der Waals surface area contributed by atoms with Crippen molar-refractivity contribution in [3.05, 3.63) is 36.3 Å². The van der Waals surface area contributed by atoms with E-state index in [1.54, 1.807) is 31.6 Å². The van der Waals surface area contributed by atoms with Gasteiger partial charge in [0.25, 0.3) is 5.91 Å². The second kappa shape index (κ2) is 6.78. The number of methoxy groups -OCH3 is 1. The number of anilines is 1. The zero-order chi connectivity index (χ0) is 16.2. The average molecular weight is 315 g/mol. The predicted molar refractivity (Wildman–Crippen MR) is 86.7 cm³/mol. The Morgan fingerprint density at radius 1 is 1.30 bits per heavy atom. The third kappa shape index (κ3) is 3.50. The molecule has 0 spiro atoms. The minimum atomic E-state index is -0.265. The van der Waals surface area contributed by atoms with Crippen molar-refractivity contribution in [1.82, 2.24) is 19.7 Å². The average Bonchev–Trinajstić information content (AvgIpc) is 3.03. The van der Waals surface area contributed by atoms with Gasteiger partial charge in [-0.25, -0.2) is 4.68 Å². The molecule has 0 unspecified atom stereocenters. The van der Waals surface area contributed by atoms with Crippen LogP contribution in [0.15, 0.2) is 30.6 Å². The molecule has 0 saturated carbocycles. The molecule has 0 bridgehead atoms. The van der Waals surface area contributed by atoms with Crippen LogP contribution in [0.4, 0.5) is 5.82 Å². The number of piperidine rings is 1. The van der Waals surface area contributed by atoms with Gasteiger partial charge >= 0.3 is 0 Å². The molecule has 1 aliphatic rings. The van der Waals surface area contributed by atoms with Gasteiger partial charge in [0.15, 0.2) is 0 Å². The molecule has 1 fully saturated rings. The van der Waals surface area contributed by atoms with Gasteiger partial charge in [-0.1, -0.05) is 0 Å². The van der Waals surface area contributed by atoms with Gasteiger partial charge in [0.05, 0.1) is 19.3 Å². The molecule has 1 aliphatic heterocycles. The molecule has 1 saturated heterocycles. The molecule has 2 aromatic heterocycles. The lowest BCUT2D eigenvalue weighted by molar-refractivity contribution is 0.102. The maximum Gasteiger partial charge on any atom is 0.275 e. The van der Waals surface area contributed by atoms with Gasteiger partial charge in [-0.3, -0.25) is 9.78 Å². The third-order valence-electron chi connectivity index (χ3n) is 4.15. The summed E-state index contributed by atoms with van der Waals surface area (Å²) >= 11 is 0. The third-order valence-corrected chi connectivity index (χ3v) is 4.15. The van der Waals surface area contributed by atoms with E-state index in [1.807, 2.05) is 10.7 Å². The number of carbonyl (C=O) groups is 1. The molecular formula is C16H21N5O2. The standard InChI is InChI=1S/C16H21N5O2/c1-20-9-5-12(6-10-20)21-15(4-8-18-21)19-16(22)14-11-13(23-2)3-7-17-14/h3-4,7-8,11-12H,5-6,9-10H2,1-2H3,(H,19,22). The summed E-state index contributed by atoms with van der Waals surface area (Å²) in [5.41, 5.74) is 0.320. The lowest BCUT2D eigenvalue weighted by Crippen LogP contribution is -2.32. The van der Waals surface area contributed by atoms with Gasteiger partial charge < -0.3 is 15.0 Å². The number of hydrogen-bond donors (Lipinski definition) is 1. The van der Waals surface area contributed by atoms with Crippen molar-refractivity contribution in [2.45, 2.75) is 18.9 Å². The summed E-state index contributed by atoms with van der Waals surface area (Å²) in [5, 5.41) is 7.28. The van der Waals surface area contributed by atoms with Gasteiger partial charge in [0.2, 0.25) is 0 Å². The summed E-state index contributed by atoms with van der Waals surface area (Å²) in [7, 11) is 3.68. The number of nitrogens with one attached hydrogen (secondary N) is 1. The van der Waals surface area contributed by atoms with Crippen molar-refractivity contribution in [1.29, 1.82) is 0 Å². The molecule has 2 aromatic rings. The lowest BCUT2D eigenvalue weighted by atomic mass is 10.1. The quantitative estimate of drug-likeness (QED) is 0.931. The number of aromatic nitrogens is 3. The van der Waals surface area contributed by atoms with Crippen molar-refractivity contribution in [3.63, 3.8) is 0 Å². The highest BCUT2D eigenvalue weighted by atomic mass is 16.5. The Balaban J connectivity index is 1.73. The normalized spacial score (nSPS) is 16.3. The number of hydrogen-bond acceptors (Lipinski definition) is 5. The SMILES string of the molecule is COc1ccnc(C(=O)Nc2ccnn2C2CCN(C)CC2)c1. The monoisotopic (exact) mass is 315 g/mol. The van der Waals surface area contributed by atoms with E-state index in [1.165, 1.54) is 0 Å². The predicted octanol–water partition coefficient (Wildman–Crippen LogP) is 1.81. The van der Waals surface area contributed by atoms with Gasteiger partial charge in [0.1, 0.15) is 17.3 Å². The number of carbonyl (C=O) groups excluding carboxylic acids is 1. The first-order valence-electron chi connectivity index (χ1n) is 7.71. The van der Waals surface area contributed by atoms with Crippen molar-refractivity contribution in [2.24, 2.45) is 0 Å². The molecule has 3 rings (SSSR count). The first-order valence-corrected chi connectivity index (χ1v) is 7.71. The Morgan fingerprint density at radius 3 is 2.83 bits per heavy atom. The van der Waals surface area contributed by atoms with E-state index in [2.05, 4.69) is 27.3 Å². The number of amides is 1. The first-order chi connectivity index (χ1) is 11.2. The van der Waals surface area contributed by atoms with Crippen LogP contribution in [-0.4, -0.2) is 52.8 Å². The highest BCUT2D eigenvalue weighted by molar-refractivity contribution is 6.02. The molecule has 0 aliphatic carbocycles. The van der Waals surface area contributed by atoms with Crippen LogP contribution in [-0.2, 0) is 0 Å². The summed E-state index contributed by atoms with van der Waals surface area (Å²) in [6.45, 7) is 2.07. The molecule has 0 atom stereocenters. The molecular weight excluding hydrogens is 294 g/mol. The smallest absolute Gasteiger partial charge is 0.275 e. The van der Waals surface area contributed by atoms with E-state index in [0.717, 1.165) is 25.9 Å². The molecule has 0 radical (unpaired) electrons. The molecule has 23 heavy (non-hydrogen) atoms. The Bertz CT molecular complexity index is 677. The molecule has 0 aromatic carbocycles. The van der Waals surface area contributed by atoms with Crippen LogP contribution in [0.1, 0.15) is 29.4 Å². The Morgan fingerprint density at radius 2 is 2.09 bits per heavy atom. The van der Waals surface area contributed by atoms with E-state index in [-0.39, 0.29) is 5.91 Å². The minimum Gasteiger partial charge on any atom is -0.497 e. The minimum absolute atomic E-state index is 0.265. The van der Waals surface area contributed by atoms with Crippen LogP contribution in [0.5, 0.6) is 5.75 Å². The van der Waals surface area contributed by atoms with Crippen LogP contribution in [0.25, 0.3) is 0 Å². The van der Waals surface area contributed by atoms with Crippen LogP contribution in [0.3, 0.4) is 0 Å². The maximum absolute atomic E-state index is 12.4. The van der Waals surface area contributed by atoms with Crippen molar-refractivity contribution in [3.8, 4) is 5.75 Å². The lowest BCUT2D eigenvalue weighted by Gasteiger charge is -2.29. The fraction of sp³-hybridized carbons (Fsp3) is 0.438. The molecule has 7 heteroatoms. The largest absolute Gasteiger partial charge is 0.497 e. The fourth-order valence-electron chi connectivity index (χ4n) is 2.79. The summed E-state index contributed by atoms with van der Waals surface area (Å²) in [4.78, 5) is 18.8. The number of ether oxygens (including phenoxy) is 1. The number of rotatable bonds is 4. The van der Waals surface area contributed by atoms with Crippen molar-refractivity contribution in [2.75, 3.05) is 32.6 Å². The Labute approximate surface area is 135 Å². The highest BCUT2D eigenvalue weighted by Gasteiger charge is 2.21. The molecule has 1 amide bonds. The van der Waals surface area contributed by atoms with Gasteiger partial charge in [0, 0.05) is 18.3 Å². The summed E-state index contributed by atoms with van der Waals surface area (Å²) in [6, 6.07) is 5.46. The first kappa shape index (κ1) is 15.5.